The zero-order valence-corrected chi connectivity index (χ0v) is 16.5. The van der Waals surface area contributed by atoms with Crippen LogP contribution in [-0.4, -0.2) is 75.7 Å². The molecule has 0 fully saturated rings. The molecule has 9 N–H and O–H groups in total. The van der Waals surface area contributed by atoms with Crippen molar-refractivity contribution in [1.82, 2.24) is 16.0 Å². The second kappa shape index (κ2) is 12.6. The van der Waals surface area contributed by atoms with E-state index >= 15 is 0 Å². The number of primary amides is 1. The van der Waals surface area contributed by atoms with Crippen molar-refractivity contribution >= 4 is 48.2 Å². The highest BCUT2D eigenvalue weighted by atomic mass is 32.1. The Morgan fingerprint density at radius 2 is 1.38 bits per heavy atom. The zero-order chi connectivity index (χ0) is 22.7. The van der Waals surface area contributed by atoms with Crippen molar-refractivity contribution < 1.29 is 39.0 Å². The minimum atomic E-state index is -1.57. The molecular weight excluding hydrogens is 410 g/mol. The summed E-state index contributed by atoms with van der Waals surface area (Å²) in [7, 11) is 0. The number of hydrogen-bond donors (Lipinski definition) is 8. The lowest BCUT2D eigenvalue weighted by Crippen LogP contribution is -2.58. The Balaban J connectivity index is 5.25. The van der Waals surface area contributed by atoms with E-state index in [1.165, 1.54) is 6.92 Å². The molecule has 0 aliphatic rings. The molecule has 4 unspecified atom stereocenters. The molecule has 13 nitrogen and oxygen atoms in total. The minimum absolute atomic E-state index is 0.161. The number of carbonyl (C=O) groups excluding carboxylic acids is 4. The first-order chi connectivity index (χ1) is 13.4. The van der Waals surface area contributed by atoms with Crippen LogP contribution in [0.4, 0.5) is 0 Å². The number of hydrogen-bond acceptors (Lipinski definition) is 8. The van der Waals surface area contributed by atoms with Crippen molar-refractivity contribution in [2.45, 2.75) is 50.4 Å². The molecule has 4 amide bonds. The molecule has 164 valence electrons. The summed E-state index contributed by atoms with van der Waals surface area (Å²) < 4.78 is 0. The number of rotatable bonds is 13. The normalized spacial score (nSPS) is 14.6. The van der Waals surface area contributed by atoms with Crippen molar-refractivity contribution in [3.05, 3.63) is 0 Å². The van der Waals surface area contributed by atoms with Gasteiger partial charge in [-0.15, -0.1) is 0 Å². The maximum absolute atomic E-state index is 12.3. The Kier molecular flexibility index (Phi) is 11.3. The van der Waals surface area contributed by atoms with Crippen molar-refractivity contribution in [2.75, 3.05) is 5.75 Å². The lowest BCUT2D eigenvalue weighted by Gasteiger charge is -2.23. The van der Waals surface area contributed by atoms with Crippen LogP contribution in [0, 0.1) is 0 Å². The van der Waals surface area contributed by atoms with E-state index in [0.717, 1.165) is 0 Å². The Bertz CT molecular complexity index is 657. The molecule has 0 aliphatic heterocycles. The molecule has 0 aromatic heterocycles. The van der Waals surface area contributed by atoms with E-state index in [4.69, 9.17) is 21.7 Å². The highest BCUT2D eigenvalue weighted by molar-refractivity contribution is 7.80. The third kappa shape index (κ3) is 10.3. The SMILES string of the molecule is CC(N)C(=O)NC(CS)C(=O)NC(CC(N)=O)C(=O)NC(CCC(=O)O)C(=O)O. The highest BCUT2D eigenvalue weighted by Crippen LogP contribution is 2.02. The van der Waals surface area contributed by atoms with Gasteiger partial charge in [0.1, 0.15) is 18.1 Å². The van der Waals surface area contributed by atoms with Gasteiger partial charge in [0.15, 0.2) is 0 Å². The van der Waals surface area contributed by atoms with E-state index in [1.807, 2.05) is 5.32 Å². The average Bonchev–Trinajstić information content (AvgIpc) is 2.60. The summed E-state index contributed by atoms with van der Waals surface area (Å²) in [5.41, 5.74) is 10.5. The fourth-order valence-electron chi connectivity index (χ4n) is 1.98. The lowest BCUT2D eigenvalue weighted by atomic mass is 10.1. The van der Waals surface area contributed by atoms with Crippen molar-refractivity contribution in [3.8, 4) is 0 Å². The third-order valence-corrected chi connectivity index (χ3v) is 3.89. The quantitative estimate of drug-likeness (QED) is 0.134. The van der Waals surface area contributed by atoms with Crippen LogP contribution in [0.25, 0.3) is 0 Å². The maximum Gasteiger partial charge on any atom is 0.326 e. The Morgan fingerprint density at radius 3 is 1.79 bits per heavy atom. The predicted octanol–water partition coefficient (Wildman–Crippen LogP) is -3.46. The predicted molar refractivity (Wildman–Crippen MR) is 102 cm³/mol. The van der Waals surface area contributed by atoms with Gasteiger partial charge in [0.25, 0.3) is 0 Å². The van der Waals surface area contributed by atoms with Crippen LogP contribution in [-0.2, 0) is 28.8 Å². The standard InChI is InChI=1S/C15H25N5O8S/c1-6(16)12(24)20-9(5-29)14(26)19-8(4-10(17)21)13(25)18-7(15(27)28)2-3-11(22)23/h6-9,29H,2-5,16H2,1H3,(H2,17,21)(H,18,25)(H,19,26)(H,20,24)(H,22,23)(H,27,28). The molecule has 14 heteroatoms. The second-order valence-electron chi connectivity index (χ2n) is 6.10. The van der Waals surface area contributed by atoms with E-state index in [1.54, 1.807) is 0 Å². The first-order valence-corrected chi connectivity index (χ1v) is 9.02. The molecule has 0 radical (unpaired) electrons. The van der Waals surface area contributed by atoms with E-state index in [-0.39, 0.29) is 5.75 Å². The molecule has 0 heterocycles. The number of carbonyl (C=O) groups is 6. The molecular formula is C15H25N5O8S. The first-order valence-electron chi connectivity index (χ1n) is 8.39. The summed E-state index contributed by atoms with van der Waals surface area (Å²) in [6.07, 6.45) is -1.62. The summed E-state index contributed by atoms with van der Waals surface area (Å²) in [5.74, 6) is -6.50. The van der Waals surface area contributed by atoms with Crippen molar-refractivity contribution in [2.24, 2.45) is 11.5 Å². The van der Waals surface area contributed by atoms with Gasteiger partial charge in [0, 0.05) is 12.2 Å². The average molecular weight is 435 g/mol. The van der Waals surface area contributed by atoms with Gasteiger partial charge < -0.3 is 37.6 Å². The van der Waals surface area contributed by atoms with Crippen LogP contribution in [0.2, 0.25) is 0 Å². The molecule has 0 saturated carbocycles. The maximum atomic E-state index is 12.3. The molecule has 0 aromatic carbocycles. The van der Waals surface area contributed by atoms with Gasteiger partial charge >= 0.3 is 11.9 Å². The molecule has 0 bridgehead atoms. The topological polar surface area (TPSA) is 231 Å². The molecule has 0 aliphatic carbocycles. The number of carboxylic acid groups (broad SMARTS) is 2. The molecule has 0 rings (SSSR count). The molecule has 0 aromatic rings. The molecule has 29 heavy (non-hydrogen) atoms. The molecule has 4 atom stereocenters. The largest absolute Gasteiger partial charge is 0.481 e. The first kappa shape index (κ1) is 26.1. The third-order valence-electron chi connectivity index (χ3n) is 3.53. The van der Waals surface area contributed by atoms with Gasteiger partial charge in [0.05, 0.1) is 12.5 Å². The van der Waals surface area contributed by atoms with Crippen molar-refractivity contribution in [3.63, 3.8) is 0 Å². The number of carboxylic acids is 2. The van der Waals surface area contributed by atoms with Gasteiger partial charge in [-0.05, 0) is 13.3 Å². The summed E-state index contributed by atoms with van der Waals surface area (Å²) in [4.78, 5) is 69.3. The van der Waals surface area contributed by atoms with Crippen LogP contribution in [0.5, 0.6) is 0 Å². The van der Waals surface area contributed by atoms with Gasteiger partial charge in [-0.1, -0.05) is 0 Å². The second-order valence-corrected chi connectivity index (χ2v) is 6.46. The summed E-state index contributed by atoms with van der Waals surface area (Å²) in [6.45, 7) is 1.38. The highest BCUT2D eigenvalue weighted by Gasteiger charge is 2.30. The summed E-state index contributed by atoms with van der Waals surface area (Å²) in [6, 6.07) is -5.23. The zero-order valence-electron chi connectivity index (χ0n) is 15.6. The monoisotopic (exact) mass is 435 g/mol. The van der Waals surface area contributed by atoms with E-state index < -0.39 is 79.0 Å². The summed E-state index contributed by atoms with van der Waals surface area (Å²) >= 11 is 3.93. The summed E-state index contributed by atoms with van der Waals surface area (Å²) in [5, 5.41) is 24.3. The molecule has 0 spiro atoms. The number of thiol groups is 1. The van der Waals surface area contributed by atoms with Crippen LogP contribution in [0.1, 0.15) is 26.2 Å². The lowest BCUT2D eigenvalue weighted by molar-refractivity contribution is -0.143. The van der Waals surface area contributed by atoms with Gasteiger partial charge in [-0.25, -0.2) is 4.79 Å². The number of nitrogens with two attached hydrogens (primary N) is 2. The van der Waals surface area contributed by atoms with E-state index in [0.29, 0.717) is 0 Å². The Labute approximate surface area is 171 Å². The number of amides is 4. The fourth-order valence-corrected chi connectivity index (χ4v) is 2.23. The smallest absolute Gasteiger partial charge is 0.326 e. The van der Waals surface area contributed by atoms with E-state index in [9.17, 15) is 28.8 Å². The Hall–Kier alpha value is -2.87. The number of nitrogens with one attached hydrogen (secondary N) is 3. The van der Waals surface area contributed by atoms with Crippen LogP contribution >= 0.6 is 12.6 Å². The minimum Gasteiger partial charge on any atom is -0.481 e. The van der Waals surface area contributed by atoms with Gasteiger partial charge in [-0.3, -0.25) is 24.0 Å². The van der Waals surface area contributed by atoms with Crippen LogP contribution in [0.3, 0.4) is 0 Å². The van der Waals surface area contributed by atoms with E-state index in [2.05, 4.69) is 23.3 Å². The van der Waals surface area contributed by atoms with Gasteiger partial charge in [0.2, 0.25) is 23.6 Å². The Morgan fingerprint density at radius 1 is 0.897 bits per heavy atom. The fraction of sp³-hybridized carbons (Fsp3) is 0.600. The van der Waals surface area contributed by atoms with Crippen LogP contribution < -0.4 is 27.4 Å². The van der Waals surface area contributed by atoms with Crippen molar-refractivity contribution in [1.29, 1.82) is 0 Å². The number of aliphatic carboxylic acids is 2. The van der Waals surface area contributed by atoms with Crippen LogP contribution in [0.15, 0.2) is 0 Å². The molecule has 0 saturated heterocycles. The van der Waals surface area contributed by atoms with Gasteiger partial charge in [-0.2, -0.15) is 12.6 Å².